The summed E-state index contributed by atoms with van der Waals surface area (Å²) in [6.07, 6.45) is 0.274. The molecular weight excluding hydrogens is 354 g/mol. The third kappa shape index (κ3) is 4.22. The molecule has 0 aliphatic carbocycles. The first-order valence-corrected chi connectivity index (χ1v) is 9.03. The highest BCUT2D eigenvalue weighted by Gasteiger charge is 2.24. The van der Waals surface area contributed by atoms with Crippen molar-refractivity contribution in [2.24, 2.45) is 0 Å². The van der Waals surface area contributed by atoms with Gasteiger partial charge in [0.15, 0.2) is 6.10 Å². The van der Waals surface area contributed by atoms with Crippen LogP contribution in [0.4, 0.5) is 5.69 Å². The first-order valence-electron chi connectivity index (χ1n) is 8.65. The molecule has 0 saturated carbocycles. The van der Waals surface area contributed by atoms with Gasteiger partial charge in [0.1, 0.15) is 23.4 Å². The zero-order valence-electron chi connectivity index (χ0n) is 15.0. The molecule has 1 heterocycles. The van der Waals surface area contributed by atoms with E-state index in [9.17, 15) is 4.79 Å². The zero-order valence-corrected chi connectivity index (χ0v) is 15.8. The second-order valence-electron chi connectivity index (χ2n) is 6.22. The van der Waals surface area contributed by atoms with Crippen LogP contribution in [0.5, 0.6) is 17.2 Å². The molecule has 1 aliphatic heterocycles. The van der Waals surface area contributed by atoms with E-state index in [1.165, 1.54) is 0 Å². The molecule has 1 aliphatic rings. The van der Waals surface area contributed by atoms with E-state index in [0.717, 1.165) is 17.7 Å². The standard InChI is InChI=1S/C20H22ClNO4/c1-4-24-19-10-14-9-12(2)25-18(14)11-17(19)22-20(23)13(3)26-16-7-5-15(21)6-8-16/h5-8,10-13H,4,9H2,1-3H3,(H,22,23)/t12-,13-/m0/s1. The first-order chi connectivity index (χ1) is 12.5. The smallest absolute Gasteiger partial charge is 0.265 e. The third-order valence-electron chi connectivity index (χ3n) is 4.05. The number of nitrogens with one attached hydrogen (secondary N) is 1. The molecule has 0 bridgehead atoms. The van der Waals surface area contributed by atoms with Gasteiger partial charge in [-0.15, -0.1) is 0 Å². The molecule has 6 heteroatoms. The van der Waals surface area contributed by atoms with E-state index in [4.69, 9.17) is 25.8 Å². The quantitative estimate of drug-likeness (QED) is 0.809. The lowest BCUT2D eigenvalue weighted by molar-refractivity contribution is -0.122. The van der Waals surface area contributed by atoms with Crippen LogP contribution >= 0.6 is 11.6 Å². The topological polar surface area (TPSA) is 56.8 Å². The minimum absolute atomic E-state index is 0.123. The third-order valence-corrected chi connectivity index (χ3v) is 4.30. The predicted molar refractivity (Wildman–Crippen MR) is 102 cm³/mol. The molecule has 2 aromatic rings. The average molecular weight is 376 g/mol. The lowest BCUT2D eigenvalue weighted by atomic mass is 10.1. The number of anilines is 1. The average Bonchev–Trinajstić information content (AvgIpc) is 2.96. The normalized spacial score (nSPS) is 16.4. The molecule has 0 unspecified atom stereocenters. The SMILES string of the molecule is CCOc1cc2c(cc1NC(=O)[C@H](C)Oc1ccc(Cl)cc1)O[C@@H](C)C2. The number of rotatable bonds is 6. The molecule has 3 rings (SSSR count). The van der Waals surface area contributed by atoms with Gasteiger partial charge in [-0.2, -0.15) is 0 Å². The van der Waals surface area contributed by atoms with E-state index < -0.39 is 6.10 Å². The molecule has 26 heavy (non-hydrogen) atoms. The van der Waals surface area contributed by atoms with Crippen LogP contribution in [-0.2, 0) is 11.2 Å². The molecule has 138 valence electrons. The molecule has 5 nitrogen and oxygen atoms in total. The summed E-state index contributed by atoms with van der Waals surface area (Å²) in [7, 11) is 0. The van der Waals surface area contributed by atoms with E-state index in [1.807, 2.05) is 26.0 Å². The maximum atomic E-state index is 12.5. The van der Waals surface area contributed by atoms with Crippen molar-refractivity contribution in [3.05, 3.63) is 47.0 Å². The number of carbonyl (C=O) groups excluding carboxylic acids is 1. The minimum atomic E-state index is -0.682. The van der Waals surface area contributed by atoms with Gasteiger partial charge in [-0.05, 0) is 51.1 Å². The molecule has 0 spiro atoms. The molecule has 0 aromatic heterocycles. The fourth-order valence-corrected chi connectivity index (χ4v) is 2.94. The summed E-state index contributed by atoms with van der Waals surface area (Å²) >= 11 is 5.86. The first kappa shape index (κ1) is 18.4. The lowest BCUT2D eigenvalue weighted by Gasteiger charge is -2.17. The number of hydrogen-bond donors (Lipinski definition) is 1. The Hall–Kier alpha value is -2.40. The summed E-state index contributed by atoms with van der Waals surface area (Å²) < 4.78 is 17.1. The number of amides is 1. The summed E-state index contributed by atoms with van der Waals surface area (Å²) in [5.41, 5.74) is 1.67. The van der Waals surface area contributed by atoms with Crippen LogP contribution in [0.25, 0.3) is 0 Å². The van der Waals surface area contributed by atoms with Gasteiger partial charge in [0, 0.05) is 23.1 Å². The summed E-state index contributed by atoms with van der Waals surface area (Å²) in [6, 6.07) is 10.6. The van der Waals surface area contributed by atoms with Gasteiger partial charge in [0.25, 0.3) is 5.91 Å². The highest BCUT2D eigenvalue weighted by molar-refractivity contribution is 6.30. The molecule has 0 saturated heterocycles. The Morgan fingerprint density at radius 2 is 2.08 bits per heavy atom. The largest absolute Gasteiger partial charge is 0.492 e. The van der Waals surface area contributed by atoms with Gasteiger partial charge < -0.3 is 19.5 Å². The predicted octanol–water partition coefficient (Wildman–Crippen LogP) is 4.47. The van der Waals surface area contributed by atoms with Crippen molar-refractivity contribution >= 4 is 23.2 Å². The highest BCUT2D eigenvalue weighted by Crippen LogP contribution is 2.38. The Morgan fingerprint density at radius 1 is 1.35 bits per heavy atom. The Labute approximate surface area is 158 Å². The van der Waals surface area contributed by atoms with Crippen molar-refractivity contribution in [3.8, 4) is 17.2 Å². The Balaban J connectivity index is 1.73. The Kier molecular flexibility index (Phi) is 5.57. The number of halogens is 1. The van der Waals surface area contributed by atoms with E-state index in [2.05, 4.69) is 5.32 Å². The molecule has 1 N–H and O–H groups in total. The van der Waals surface area contributed by atoms with Crippen LogP contribution in [0.2, 0.25) is 5.02 Å². The maximum absolute atomic E-state index is 12.5. The van der Waals surface area contributed by atoms with Crippen molar-refractivity contribution in [2.45, 2.75) is 39.4 Å². The fourth-order valence-electron chi connectivity index (χ4n) is 2.82. The number of ether oxygens (including phenoxy) is 3. The van der Waals surface area contributed by atoms with Crippen molar-refractivity contribution < 1.29 is 19.0 Å². The fraction of sp³-hybridized carbons (Fsp3) is 0.350. The van der Waals surface area contributed by atoms with Gasteiger partial charge >= 0.3 is 0 Å². The second kappa shape index (κ2) is 7.87. The maximum Gasteiger partial charge on any atom is 0.265 e. The number of fused-ring (bicyclic) bond motifs is 1. The number of carbonyl (C=O) groups is 1. The van der Waals surface area contributed by atoms with Crippen LogP contribution in [0.15, 0.2) is 36.4 Å². The van der Waals surface area contributed by atoms with Crippen LogP contribution in [0.3, 0.4) is 0 Å². The van der Waals surface area contributed by atoms with Crippen molar-refractivity contribution in [1.29, 1.82) is 0 Å². The highest BCUT2D eigenvalue weighted by atomic mass is 35.5. The summed E-state index contributed by atoms with van der Waals surface area (Å²) in [5, 5.41) is 3.49. The molecule has 2 aromatic carbocycles. The van der Waals surface area contributed by atoms with Gasteiger partial charge in [-0.25, -0.2) is 0 Å². The molecular formula is C20H22ClNO4. The number of hydrogen-bond acceptors (Lipinski definition) is 4. The van der Waals surface area contributed by atoms with Crippen LogP contribution in [-0.4, -0.2) is 24.7 Å². The monoisotopic (exact) mass is 375 g/mol. The van der Waals surface area contributed by atoms with Gasteiger partial charge in [0.2, 0.25) is 0 Å². The van der Waals surface area contributed by atoms with Gasteiger partial charge in [-0.3, -0.25) is 4.79 Å². The van der Waals surface area contributed by atoms with Crippen molar-refractivity contribution in [1.82, 2.24) is 0 Å². The summed E-state index contributed by atoms with van der Waals surface area (Å²) in [4.78, 5) is 12.5. The Bertz CT molecular complexity index is 791. The second-order valence-corrected chi connectivity index (χ2v) is 6.66. The molecule has 2 atom stereocenters. The van der Waals surface area contributed by atoms with Gasteiger partial charge in [-0.1, -0.05) is 11.6 Å². The van der Waals surface area contributed by atoms with E-state index in [1.54, 1.807) is 31.2 Å². The van der Waals surface area contributed by atoms with E-state index in [0.29, 0.717) is 28.8 Å². The van der Waals surface area contributed by atoms with Crippen molar-refractivity contribution in [3.63, 3.8) is 0 Å². The van der Waals surface area contributed by atoms with Gasteiger partial charge in [0.05, 0.1) is 12.3 Å². The van der Waals surface area contributed by atoms with E-state index in [-0.39, 0.29) is 12.0 Å². The van der Waals surface area contributed by atoms with Crippen molar-refractivity contribution in [2.75, 3.05) is 11.9 Å². The zero-order chi connectivity index (χ0) is 18.7. The summed E-state index contributed by atoms with van der Waals surface area (Å²) in [6.45, 7) is 6.12. The molecule has 1 amide bonds. The minimum Gasteiger partial charge on any atom is -0.492 e. The molecule has 0 radical (unpaired) electrons. The van der Waals surface area contributed by atoms with Crippen LogP contribution < -0.4 is 19.5 Å². The van der Waals surface area contributed by atoms with Crippen LogP contribution in [0.1, 0.15) is 26.3 Å². The number of benzene rings is 2. The van der Waals surface area contributed by atoms with E-state index >= 15 is 0 Å². The Morgan fingerprint density at radius 3 is 2.77 bits per heavy atom. The lowest BCUT2D eigenvalue weighted by Crippen LogP contribution is -2.30. The summed E-state index contributed by atoms with van der Waals surface area (Å²) in [5.74, 6) is 1.72. The molecule has 0 fully saturated rings. The van der Waals surface area contributed by atoms with Crippen LogP contribution in [0, 0.1) is 0 Å².